The molecule has 18 heavy (non-hydrogen) atoms. The minimum absolute atomic E-state index is 0.100. The highest BCUT2D eigenvalue weighted by Gasteiger charge is 2.13. The second-order valence-corrected chi connectivity index (χ2v) is 5.12. The summed E-state index contributed by atoms with van der Waals surface area (Å²) >= 11 is 1.55. The van der Waals surface area contributed by atoms with Gasteiger partial charge in [-0.05, 0) is 37.7 Å². The number of rotatable bonds is 4. The van der Waals surface area contributed by atoms with Crippen molar-refractivity contribution in [3.8, 4) is 0 Å². The molecule has 0 spiro atoms. The molecule has 0 aliphatic rings. The van der Waals surface area contributed by atoms with Gasteiger partial charge in [0, 0.05) is 30.4 Å². The standard InChI is InChI=1S/C13H16FN3S/c1-9(15-2)11-8-10(14)4-5-12(11)18-13-16-6-7-17(13)3/h4-9,15H,1-3H3. The van der Waals surface area contributed by atoms with E-state index < -0.39 is 0 Å². The van der Waals surface area contributed by atoms with E-state index in [1.54, 1.807) is 30.1 Å². The summed E-state index contributed by atoms with van der Waals surface area (Å²) in [5, 5.41) is 4.03. The van der Waals surface area contributed by atoms with E-state index in [0.717, 1.165) is 15.6 Å². The topological polar surface area (TPSA) is 29.9 Å². The van der Waals surface area contributed by atoms with E-state index in [1.165, 1.54) is 6.07 Å². The first kappa shape index (κ1) is 13.1. The fourth-order valence-electron chi connectivity index (χ4n) is 1.65. The average Bonchev–Trinajstić information content (AvgIpc) is 2.76. The Balaban J connectivity index is 2.35. The molecule has 0 saturated carbocycles. The van der Waals surface area contributed by atoms with E-state index in [4.69, 9.17) is 0 Å². The molecule has 96 valence electrons. The van der Waals surface area contributed by atoms with E-state index in [2.05, 4.69) is 10.3 Å². The molecular weight excluding hydrogens is 249 g/mol. The van der Waals surface area contributed by atoms with Gasteiger partial charge >= 0.3 is 0 Å². The third-order valence-electron chi connectivity index (χ3n) is 2.85. The van der Waals surface area contributed by atoms with Crippen molar-refractivity contribution >= 4 is 11.8 Å². The van der Waals surface area contributed by atoms with Crippen LogP contribution in [0.3, 0.4) is 0 Å². The van der Waals surface area contributed by atoms with E-state index in [1.807, 2.05) is 31.8 Å². The van der Waals surface area contributed by atoms with Gasteiger partial charge < -0.3 is 9.88 Å². The average molecular weight is 265 g/mol. The van der Waals surface area contributed by atoms with E-state index >= 15 is 0 Å². The number of hydrogen-bond acceptors (Lipinski definition) is 3. The van der Waals surface area contributed by atoms with Crippen LogP contribution in [0.15, 0.2) is 40.6 Å². The molecule has 0 saturated heterocycles. The van der Waals surface area contributed by atoms with Crippen LogP contribution in [-0.2, 0) is 7.05 Å². The Morgan fingerprint density at radius 3 is 2.83 bits per heavy atom. The number of hydrogen-bond donors (Lipinski definition) is 1. The normalized spacial score (nSPS) is 12.7. The van der Waals surface area contributed by atoms with Crippen molar-refractivity contribution in [2.45, 2.75) is 23.0 Å². The van der Waals surface area contributed by atoms with Crippen molar-refractivity contribution in [2.24, 2.45) is 7.05 Å². The number of aromatic nitrogens is 2. The minimum atomic E-state index is -0.212. The first-order chi connectivity index (χ1) is 8.61. The van der Waals surface area contributed by atoms with E-state index in [0.29, 0.717) is 0 Å². The van der Waals surface area contributed by atoms with E-state index in [-0.39, 0.29) is 11.9 Å². The lowest BCUT2D eigenvalue weighted by Crippen LogP contribution is -2.13. The molecule has 1 heterocycles. The molecule has 0 aliphatic heterocycles. The molecule has 0 fully saturated rings. The van der Waals surface area contributed by atoms with Gasteiger partial charge in [-0.25, -0.2) is 9.37 Å². The first-order valence-corrected chi connectivity index (χ1v) is 6.55. The molecule has 1 atom stereocenters. The predicted octanol–water partition coefficient (Wildman–Crippen LogP) is 2.99. The molecule has 3 nitrogen and oxygen atoms in total. The van der Waals surface area contributed by atoms with Crippen molar-refractivity contribution in [1.82, 2.24) is 14.9 Å². The van der Waals surface area contributed by atoms with Crippen LogP contribution in [0.25, 0.3) is 0 Å². The van der Waals surface area contributed by atoms with Gasteiger partial charge in [-0.3, -0.25) is 0 Å². The van der Waals surface area contributed by atoms with Crippen molar-refractivity contribution in [3.63, 3.8) is 0 Å². The molecule has 0 amide bonds. The maximum absolute atomic E-state index is 13.3. The number of nitrogens with zero attached hydrogens (tertiary/aromatic N) is 2. The number of nitrogens with one attached hydrogen (secondary N) is 1. The van der Waals surface area contributed by atoms with Crippen molar-refractivity contribution < 1.29 is 4.39 Å². The van der Waals surface area contributed by atoms with Gasteiger partial charge in [-0.15, -0.1) is 0 Å². The maximum Gasteiger partial charge on any atom is 0.172 e. The van der Waals surface area contributed by atoms with Crippen LogP contribution in [0, 0.1) is 5.82 Å². The highest BCUT2D eigenvalue weighted by molar-refractivity contribution is 7.99. The lowest BCUT2D eigenvalue weighted by Gasteiger charge is -2.15. The number of aryl methyl sites for hydroxylation is 1. The van der Waals surface area contributed by atoms with Crippen LogP contribution >= 0.6 is 11.8 Å². The van der Waals surface area contributed by atoms with Gasteiger partial charge in [0.1, 0.15) is 5.82 Å². The Bertz CT molecular complexity index is 539. The van der Waals surface area contributed by atoms with Crippen LogP contribution < -0.4 is 5.32 Å². The lowest BCUT2D eigenvalue weighted by atomic mass is 10.1. The summed E-state index contributed by atoms with van der Waals surface area (Å²) in [6.45, 7) is 2.01. The van der Waals surface area contributed by atoms with Crippen LogP contribution in [0.2, 0.25) is 0 Å². The Hall–Kier alpha value is -1.33. The molecule has 0 bridgehead atoms. The SMILES string of the molecule is CNC(C)c1cc(F)ccc1Sc1nccn1C. The van der Waals surface area contributed by atoms with Gasteiger partial charge in [0.25, 0.3) is 0 Å². The fraction of sp³-hybridized carbons (Fsp3) is 0.308. The molecule has 1 aromatic carbocycles. The van der Waals surface area contributed by atoms with Crippen LogP contribution in [0.5, 0.6) is 0 Å². The predicted molar refractivity (Wildman–Crippen MR) is 71.2 cm³/mol. The maximum atomic E-state index is 13.3. The molecule has 2 rings (SSSR count). The summed E-state index contributed by atoms with van der Waals surface area (Å²) in [7, 11) is 3.81. The Morgan fingerprint density at radius 2 is 2.22 bits per heavy atom. The lowest BCUT2D eigenvalue weighted by molar-refractivity contribution is 0.601. The molecule has 5 heteroatoms. The van der Waals surface area contributed by atoms with Crippen LogP contribution in [-0.4, -0.2) is 16.6 Å². The Labute approximate surface area is 110 Å². The summed E-state index contributed by atoms with van der Waals surface area (Å²) in [5.41, 5.74) is 0.950. The summed E-state index contributed by atoms with van der Waals surface area (Å²) < 4.78 is 15.3. The molecule has 1 unspecified atom stereocenters. The van der Waals surface area contributed by atoms with Crippen molar-refractivity contribution in [1.29, 1.82) is 0 Å². The van der Waals surface area contributed by atoms with Gasteiger partial charge in [-0.1, -0.05) is 11.8 Å². The third kappa shape index (κ3) is 2.73. The quantitative estimate of drug-likeness (QED) is 0.921. The van der Waals surface area contributed by atoms with Gasteiger partial charge in [0.05, 0.1) is 0 Å². The second-order valence-electron chi connectivity index (χ2n) is 4.12. The molecular formula is C13H16FN3S. The largest absolute Gasteiger partial charge is 0.329 e. The zero-order chi connectivity index (χ0) is 13.1. The third-order valence-corrected chi connectivity index (χ3v) is 4.02. The zero-order valence-electron chi connectivity index (χ0n) is 10.6. The van der Waals surface area contributed by atoms with Crippen LogP contribution in [0.1, 0.15) is 18.5 Å². The highest BCUT2D eigenvalue weighted by Crippen LogP contribution is 2.32. The highest BCUT2D eigenvalue weighted by atomic mass is 32.2. The molecule has 0 radical (unpaired) electrons. The molecule has 1 aromatic heterocycles. The number of imidazole rings is 1. The van der Waals surface area contributed by atoms with Gasteiger partial charge in [0.15, 0.2) is 5.16 Å². The Kier molecular flexibility index (Phi) is 4.04. The van der Waals surface area contributed by atoms with Gasteiger partial charge in [0.2, 0.25) is 0 Å². The minimum Gasteiger partial charge on any atom is -0.329 e. The monoisotopic (exact) mass is 265 g/mol. The summed E-state index contributed by atoms with van der Waals surface area (Å²) in [5.74, 6) is -0.212. The smallest absolute Gasteiger partial charge is 0.172 e. The number of benzene rings is 1. The second kappa shape index (κ2) is 5.54. The Morgan fingerprint density at radius 1 is 1.44 bits per heavy atom. The summed E-state index contributed by atoms with van der Waals surface area (Å²) in [4.78, 5) is 5.29. The zero-order valence-corrected chi connectivity index (χ0v) is 11.5. The molecule has 2 aromatic rings. The fourth-order valence-corrected chi connectivity index (χ4v) is 2.66. The number of halogens is 1. The summed E-state index contributed by atoms with van der Waals surface area (Å²) in [6, 6.07) is 4.96. The van der Waals surface area contributed by atoms with Crippen molar-refractivity contribution in [2.75, 3.05) is 7.05 Å². The summed E-state index contributed by atoms with van der Waals surface area (Å²) in [6.07, 6.45) is 3.65. The van der Waals surface area contributed by atoms with E-state index in [9.17, 15) is 4.39 Å². The first-order valence-electron chi connectivity index (χ1n) is 5.73. The molecule has 0 aliphatic carbocycles. The van der Waals surface area contributed by atoms with Crippen LogP contribution in [0.4, 0.5) is 4.39 Å². The van der Waals surface area contributed by atoms with Crippen molar-refractivity contribution in [3.05, 3.63) is 42.0 Å². The molecule has 1 N–H and O–H groups in total. The van der Waals surface area contributed by atoms with Gasteiger partial charge in [-0.2, -0.15) is 0 Å².